The largest absolute Gasteiger partial charge is 0.345 e. The lowest BCUT2D eigenvalue weighted by atomic mass is 10.0. The summed E-state index contributed by atoms with van der Waals surface area (Å²) in [7, 11) is 0. The van der Waals surface area contributed by atoms with Gasteiger partial charge in [0.2, 0.25) is 0 Å². The molecule has 0 aliphatic carbocycles. The summed E-state index contributed by atoms with van der Waals surface area (Å²) in [6.45, 7) is 2.08. The predicted octanol–water partition coefficient (Wildman–Crippen LogP) is 4.17. The molecule has 0 aliphatic rings. The van der Waals surface area contributed by atoms with Crippen molar-refractivity contribution >= 4 is 28.5 Å². The van der Waals surface area contributed by atoms with E-state index in [0.29, 0.717) is 5.56 Å². The van der Waals surface area contributed by atoms with Crippen molar-refractivity contribution in [3.63, 3.8) is 0 Å². The van der Waals surface area contributed by atoms with Crippen LogP contribution in [0.25, 0.3) is 0 Å². The van der Waals surface area contributed by atoms with Crippen LogP contribution >= 0.6 is 22.6 Å². The van der Waals surface area contributed by atoms with Gasteiger partial charge in [-0.1, -0.05) is 43.3 Å². The summed E-state index contributed by atoms with van der Waals surface area (Å²) in [4.78, 5) is 12.2. The van der Waals surface area contributed by atoms with Crippen LogP contribution in [0.5, 0.6) is 0 Å². The van der Waals surface area contributed by atoms with Gasteiger partial charge in [-0.05, 0) is 52.8 Å². The van der Waals surface area contributed by atoms with Crippen LogP contribution < -0.4 is 5.32 Å². The van der Waals surface area contributed by atoms with Gasteiger partial charge in [0.05, 0.1) is 6.04 Å². The SMILES string of the molecule is CCC(NC(=O)c1cccc(I)c1)c1ccccc1. The molecular formula is C16H16INO. The highest BCUT2D eigenvalue weighted by Crippen LogP contribution is 2.17. The second-order valence-corrected chi connectivity index (χ2v) is 5.60. The molecule has 3 heteroatoms. The first-order valence-corrected chi connectivity index (χ1v) is 7.40. The molecule has 0 heterocycles. The van der Waals surface area contributed by atoms with Gasteiger partial charge in [0.25, 0.3) is 5.91 Å². The van der Waals surface area contributed by atoms with Crippen molar-refractivity contribution in [3.05, 3.63) is 69.3 Å². The first-order chi connectivity index (χ1) is 9.20. The van der Waals surface area contributed by atoms with Crippen LogP contribution in [0.1, 0.15) is 35.3 Å². The summed E-state index contributed by atoms with van der Waals surface area (Å²) >= 11 is 2.21. The van der Waals surface area contributed by atoms with Crippen LogP contribution in [0.4, 0.5) is 0 Å². The maximum atomic E-state index is 12.2. The summed E-state index contributed by atoms with van der Waals surface area (Å²) < 4.78 is 1.07. The van der Waals surface area contributed by atoms with Crippen molar-refractivity contribution in [2.24, 2.45) is 0 Å². The zero-order chi connectivity index (χ0) is 13.7. The smallest absolute Gasteiger partial charge is 0.251 e. The molecule has 2 aromatic carbocycles. The number of carbonyl (C=O) groups excluding carboxylic acids is 1. The molecule has 1 atom stereocenters. The first kappa shape index (κ1) is 14.1. The molecule has 2 nitrogen and oxygen atoms in total. The van der Waals surface area contributed by atoms with Gasteiger partial charge >= 0.3 is 0 Å². The Balaban J connectivity index is 2.13. The molecule has 19 heavy (non-hydrogen) atoms. The molecule has 0 aliphatic heterocycles. The van der Waals surface area contributed by atoms with Crippen LogP contribution in [0.15, 0.2) is 54.6 Å². The van der Waals surface area contributed by atoms with Crippen LogP contribution in [-0.4, -0.2) is 5.91 Å². The number of carbonyl (C=O) groups is 1. The molecule has 0 fully saturated rings. The van der Waals surface area contributed by atoms with E-state index in [2.05, 4.69) is 34.8 Å². The molecule has 0 aromatic heterocycles. The molecule has 2 aromatic rings. The Morgan fingerprint density at radius 2 is 1.89 bits per heavy atom. The molecule has 0 bridgehead atoms. The van der Waals surface area contributed by atoms with Crippen molar-refractivity contribution in [3.8, 4) is 0 Å². The lowest BCUT2D eigenvalue weighted by molar-refractivity contribution is 0.0935. The van der Waals surface area contributed by atoms with Crippen molar-refractivity contribution in [2.75, 3.05) is 0 Å². The first-order valence-electron chi connectivity index (χ1n) is 6.32. The van der Waals surface area contributed by atoms with Gasteiger partial charge in [0.15, 0.2) is 0 Å². The van der Waals surface area contributed by atoms with Gasteiger partial charge in [-0.25, -0.2) is 0 Å². The molecule has 1 amide bonds. The standard InChI is InChI=1S/C16H16INO/c1-2-15(12-7-4-3-5-8-12)18-16(19)13-9-6-10-14(17)11-13/h3-11,15H,2H2,1H3,(H,18,19). The normalized spacial score (nSPS) is 11.9. The number of halogens is 1. The maximum absolute atomic E-state index is 12.2. The molecule has 0 saturated heterocycles. The third-order valence-electron chi connectivity index (χ3n) is 3.00. The molecule has 0 radical (unpaired) electrons. The average Bonchev–Trinajstić information content (AvgIpc) is 2.45. The van der Waals surface area contributed by atoms with E-state index in [-0.39, 0.29) is 11.9 Å². The highest BCUT2D eigenvalue weighted by Gasteiger charge is 2.13. The number of hydrogen-bond donors (Lipinski definition) is 1. The summed E-state index contributed by atoms with van der Waals surface area (Å²) in [6, 6.07) is 17.7. The lowest BCUT2D eigenvalue weighted by Crippen LogP contribution is -2.28. The minimum absolute atomic E-state index is 0.0192. The maximum Gasteiger partial charge on any atom is 0.251 e. The van der Waals surface area contributed by atoms with Crippen molar-refractivity contribution in [1.82, 2.24) is 5.32 Å². The second-order valence-electron chi connectivity index (χ2n) is 4.36. The van der Waals surface area contributed by atoms with E-state index in [1.165, 1.54) is 0 Å². The van der Waals surface area contributed by atoms with Crippen molar-refractivity contribution in [1.29, 1.82) is 0 Å². The molecule has 1 N–H and O–H groups in total. The summed E-state index contributed by atoms with van der Waals surface area (Å²) in [5.41, 5.74) is 1.85. The lowest BCUT2D eigenvalue weighted by Gasteiger charge is -2.17. The Labute approximate surface area is 127 Å². The van der Waals surface area contributed by atoms with Gasteiger partial charge < -0.3 is 5.32 Å². The van der Waals surface area contributed by atoms with Crippen LogP contribution in [0.3, 0.4) is 0 Å². The van der Waals surface area contributed by atoms with Gasteiger partial charge in [-0.2, -0.15) is 0 Å². The summed E-state index contributed by atoms with van der Waals surface area (Å²) in [5.74, 6) is -0.0192. The number of nitrogens with one attached hydrogen (secondary N) is 1. The molecule has 0 saturated carbocycles. The zero-order valence-corrected chi connectivity index (χ0v) is 12.9. The molecule has 0 spiro atoms. The average molecular weight is 365 g/mol. The Hall–Kier alpha value is -1.36. The van der Waals surface area contributed by atoms with Crippen LogP contribution in [0, 0.1) is 3.57 Å². The van der Waals surface area contributed by atoms with E-state index >= 15 is 0 Å². The van der Waals surface area contributed by atoms with E-state index in [4.69, 9.17) is 0 Å². The molecule has 1 unspecified atom stereocenters. The Bertz CT molecular complexity index is 554. The van der Waals surface area contributed by atoms with E-state index in [0.717, 1.165) is 15.6 Å². The molecular weight excluding hydrogens is 349 g/mol. The minimum Gasteiger partial charge on any atom is -0.345 e. The quantitative estimate of drug-likeness (QED) is 0.810. The van der Waals surface area contributed by atoms with Gasteiger partial charge in [0.1, 0.15) is 0 Å². The predicted molar refractivity (Wildman–Crippen MR) is 86.1 cm³/mol. The van der Waals surface area contributed by atoms with Gasteiger partial charge in [-0.15, -0.1) is 0 Å². The highest BCUT2D eigenvalue weighted by atomic mass is 127. The Morgan fingerprint density at radius 1 is 1.16 bits per heavy atom. The minimum atomic E-state index is -0.0192. The number of rotatable bonds is 4. The fraction of sp³-hybridized carbons (Fsp3) is 0.188. The number of benzene rings is 2. The fourth-order valence-corrected chi connectivity index (χ4v) is 2.52. The third kappa shape index (κ3) is 3.80. The Morgan fingerprint density at radius 3 is 2.53 bits per heavy atom. The summed E-state index contributed by atoms with van der Waals surface area (Å²) in [6.07, 6.45) is 0.875. The fourth-order valence-electron chi connectivity index (χ4n) is 1.98. The van der Waals surface area contributed by atoms with E-state index in [9.17, 15) is 4.79 Å². The van der Waals surface area contributed by atoms with Crippen LogP contribution in [-0.2, 0) is 0 Å². The monoisotopic (exact) mass is 365 g/mol. The molecule has 2 rings (SSSR count). The van der Waals surface area contributed by atoms with E-state index in [1.807, 2.05) is 54.6 Å². The van der Waals surface area contributed by atoms with Gasteiger partial charge in [-0.3, -0.25) is 4.79 Å². The van der Waals surface area contributed by atoms with Crippen LogP contribution in [0.2, 0.25) is 0 Å². The van der Waals surface area contributed by atoms with Gasteiger partial charge in [0, 0.05) is 9.13 Å². The van der Waals surface area contributed by atoms with E-state index < -0.39 is 0 Å². The zero-order valence-electron chi connectivity index (χ0n) is 10.8. The number of amides is 1. The highest BCUT2D eigenvalue weighted by molar-refractivity contribution is 14.1. The van der Waals surface area contributed by atoms with Crippen molar-refractivity contribution in [2.45, 2.75) is 19.4 Å². The van der Waals surface area contributed by atoms with E-state index in [1.54, 1.807) is 0 Å². The Kier molecular flexibility index (Phi) is 4.96. The second kappa shape index (κ2) is 6.70. The summed E-state index contributed by atoms with van der Waals surface area (Å²) in [5, 5.41) is 3.08. The number of hydrogen-bond acceptors (Lipinski definition) is 1. The topological polar surface area (TPSA) is 29.1 Å². The van der Waals surface area contributed by atoms with Crippen molar-refractivity contribution < 1.29 is 4.79 Å². The third-order valence-corrected chi connectivity index (χ3v) is 3.67. The molecule has 98 valence electrons.